The molecule has 24 heavy (non-hydrogen) atoms. The van der Waals surface area contributed by atoms with E-state index >= 15 is 0 Å². The molecule has 0 aliphatic heterocycles. The second-order valence-corrected chi connectivity index (χ2v) is 6.57. The van der Waals surface area contributed by atoms with Crippen LogP contribution < -0.4 is 4.74 Å². The van der Waals surface area contributed by atoms with E-state index in [1.165, 1.54) is 0 Å². The van der Waals surface area contributed by atoms with Crippen molar-refractivity contribution >= 4 is 11.6 Å². The molecule has 0 amide bonds. The SMILES string of the molecule is CC(O)(Cn1ccnc1)c1cc(Cl)ccc1OCCCCCCO. The third-order valence-electron chi connectivity index (χ3n) is 3.88. The molecule has 0 bridgehead atoms. The molecule has 0 aliphatic carbocycles. The molecule has 132 valence electrons. The van der Waals surface area contributed by atoms with Gasteiger partial charge in [-0.15, -0.1) is 0 Å². The van der Waals surface area contributed by atoms with Crippen LogP contribution in [0, 0.1) is 0 Å². The lowest BCUT2D eigenvalue weighted by atomic mass is 9.95. The summed E-state index contributed by atoms with van der Waals surface area (Å²) in [6.07, 6.45) is 8.89. The fourth-order valence-corrected chi connectivity index (χ4v) is 2.79. The van der Waals surface area contributed by atoms with Crippen LogP contribution in [0.1, 0.15) is 38.2 Å². The average molecular weight is 353 g/mol. The number of rotatable bonds is 10. The maximum Gasteiger partial charge on any atom is 0.125 e. The summed E-state index contributed by atoms with van der Waals surface area (Å²) in [7, 11) is 0. The van der Waals surface area contributed by atoms with Crippen molar-refractivity contribution in [1.82, 2.24) is 9.55 Å². The van der Waals surface area contributed by atoms with Gasteiger partial charge in [0, 0.05) is 29.6 Å². The third-order valence-corrected chi connectivity index (χ3v) is 4.12. The van der Waals surface area contributed by atoms with E-state index in [-0.39, 0.29) is 6.61 Å². The van der Waals surface area contributed by atoms with Gasteiger partial charge in [-0.05, 0) is 44.4 Å². The molecule has 0 saturated carbocycles. The summed E-state index contributed by atoms with van der Waals surface area (Å²) >= 11 is 6.11. The zero-order valence-electron chi connectivity index (χ0n) is 14.0. The van der Waals surface area contributed by atoms with Crippen LogP contribution in [-0.2, 0) is 12.1 Å². The Bertz CT molecular complexity index is 615. The summed E-state index contributed by atoms with van der Waals surface area (Å²) in [5, 5.41) is 20.3. The van der Waals surface area contributed by atoms with Gasteiger partial charge in [0.15, 0.2) is 0 Å². The van der Waals surface area contributed by atoms with E-state index in [9.17, 15) is 5.11 Å². The molecule has 0 spiro atoms. The molecule has 0 radical (unpaired) electrons. The smallest absolute Gasteiger partial charge is 0.125 e. The lowest BCUT2D eigenvalue weighted by molar-refractivity contribution is 0.0351. The van der Waals surface area contributed by atoms with E-state index in [1.807, 2.05) is 4.57 Å². The van der Waals surface area contributed by atoms with Crippen LogP contribution in [0.25, 0.3) is 0 Å². The van der Waals surface area contributed by atoms with Crippen LogP contribution >= 0.6 is 11.6 Å². The molecule has 0 aliphatic rings. The third kappa shape index (κ3) is 5.51. The molecule has 0 fully saturated rings. The van der Waals surface area contributed by atoms with Crippen LogP contribution in [0.5, 0.6) is 5.75 Å². The highest BCUT2D eigenvalue weighted by atomic mass is 35.5. The number of unbranched alkanes of at least 4 members (excludes halogenated alkanes) is 3. The van der Waals surface area contributed by atoms with Crippen LogP contribution in [0.4, 0.5) is 0 Å². The molecule has 5 nitrogen and oxygen atoms in total. The number of halogens is 1. The molecular weight excluding hydrogens is 328 g/mol. The van der Waals surface area contributed by atoms with Crippen molar-refractivity contribution in [2.24, 2.45) is 0 Å². The van der Waals surface area contributed by atoms with Gasteiger partial charge in [-0.1, -0.05) is 18.0 Å². The quantitative estimate of drug-likeness (QED) is 0.643. The number of hydrogen-bond donors (Lipinski definition) is 2. The monoisotopic (exact) mass is 352 g/mol. The minimum Gasteiger partial charge on any atom is -0.493 e. The first kappa shape index (κ1) is 18.8. The minimum atomic E-state index is -1.13. The standard InChI is InChI=1S/C18H25ClN2O3/c1-18(23,13-21-9-8-20-14-21)16-12-15(19)6-7-17(16)24-11-5-3-2-4-10-22/h6-9,12,14,22-23H,2-5,10-11,13H2,1H3. The Morgan fingerprint density at radius 3 is 2.75 bits per heavy atom. The molecule has 1 unspecified atom stereocenters. The molecule has 1 aromatic carbocycles. The first-order chi connectivity index (χ1) is 11.5. The molecule has 1 heterocycles. The maximum absolute atomic E-state index is 10.9. The van der Waals surface area contributed by atoms with Gasteiger partial charge in [0.2, 0.25) is 0 Å². The number of hydrogen-bond acceptors (Lipinski definition) is 4. The minimum absolute atomic E-state index is 0.235. The second-order valence-electron chi connectivity index (χ2n) is 6.14. The number of aliphatic hydroxyl groups excluding tert-OH is 1. The number of benzene rings is 1. The second kappa shape index (κ2) is 9.06. The summed E-state index contributed by atoms with van der Waals surface area (Å²) in [4.78, 5) is 4.00. The number of aromatic nitrogens is 2. The average Bonchev–Trinajstić information content (AvgIpc) is 3.04. The summed E-state index contributed by atoms with van der Waals surface area (Å²) in [6, 6.07) is 5.31. The van der Waals surface area contributed by atoms with Crippen LogP contribution in [-0.4, -0.2) is 33.0 Å². The molecule has 1 aromatic heterocycles. The van der Waals surface area contributed by atoms with Gasteiger partial charge in [-0.3, -0.25) is 0 Å². The zero-order valence-corrected chi connectivity index (χ0v) is 14.7. The molecule has 6 heteroatoms. The number of ether oxygens (including phenoxy) is 1. The Morgan fingerprint density at radius 1 is 1.25 bits per heavy atom. The lowest BCUT2D eigenvalue weighted by Gasteiger charge is -2.27. The van der Waals surface area contributed by atoms with Crippen molar-refractivity contribution in [2.45, 2.75) is 44.8 Å². The van der Waals surface area contributed by atoms with Crippen LogP contribution in [0.15, 0.2) is 36.9 Å². The van der Waals surface area contributed by atoms with Crippen molar-refractivity contribution in [3.8, 4) is 5.75 Å². The van der Waals surface area contributed by atoms with Crippen LogP contribution in [0.3, 0.4) is 0 Å². The van der Waals surface area contributed by atoms with E-state index in [0.29, 0.717) is 29.5 Å². The Balaban J connectivity index is 2.03. The van der Waals surface area contributed by atoms with Crippen molar-refractivity contribution in [2.75, 3.05) is 13.2 Å². The van der Waals surface area contributed by atoms with E-state index < -0.39 is 5.60 Å². The van der Waals surface area contributed by atoms with Crippen molar-refractivity contribution in [3.63, 3.8) is 0 Å². The summed E-state index contributed by atoms with van der Waals surface area (Å²) in [5.74, 6) is 0.645. The largest absolute Gasteiger partial charge is 0.493 e. The predicted octanol–water partition coefficient (Wildman–Crippen LogP) is 3.38. The Hall–Kier alpha value is -1.56. The fraction of sp³-hybridized carbons (Fsp3) is 0.500. The molecule has 2 aromatic rings. The molecule has 1 atom stereocenters. The zero-order chi connectivity index (χ0) is 17.4. The van der Waals surface area contributed by atoms with Crippen LogP contribution in [0.2, 0.25) is 5.02 Å². The molecular formula is C18H25ClN2O3. The maximum atomic E-state index is 10.9. The highest BCUT2D eigenvalue weighted by Gasteiger charge is 2.28. The Kier molecular flexibility index (Phi) is 7.09. The normalized spacial score (nSPS) is 13.7. The topological polar surface area (TPSA) is 67.5 Å². The predicted molar refractivity (Wildman–Crippen MR) is 94.3 cm³/mol. The lowest BCUT2D eigenvalue weighted by Crippen LogP contribution is -2.28. The van der Waals surface area contributed by atoms with Gasteiger partial charge in [-0.25, -0.2) is 4.98 Å². The first-order valence-electron chi connectivity index (χ1n) is 8.25. The van der Waals surface area contributed by atoms with E-state index in [2.05, 4.69) is 4.98 Å². The number of nitrogens with zero attached hydrogens (tertiary/aromatic N) is 2. The first-order valence-corrected chi connectivity index (χ1v) is 8.62. The van der Waals surface area contributed by atoms with Gasteiger partial charge in [0.05, 0.1) is 19.5 Å². The summed E-state index contributed by atoms with van der Waals surface area (Å²) in [5.41, 5.74) is -0.461. The Labute approximate surface area is 147 Å². The summed E-state index contributed by atoms with van der Waals surface area (Å²) in [6.45, 7) is 2.91. The van der Waals surface area contributed by atoms with E-state index in [0.717, 1.165) is 25.7 Å². The highest BCUT2D eigenvalue weighted by Crippen LogP contribution is 2.33. The highest BCUT2D eigenvalue weighted by molar-refractivity contribution is 6.30. The van der Waals surface area contributed by atoms with E-state index in [1.54, 1.807) is 43.8 Å². The van der Waals surface area contributed by atoms with Crippen molar-refractivity contribution in [3.05, 3.63) is 47.5 Å². The fourth-order valence-electron chi connectivity index (χ4n) is 2.62. The van der Waals surface area contributed by atoms with Gasteiger partial charge >= 0.3 is 0 Å². The molecule has 2 rings (SSSR count). The van der Waals surface area contributed by atoms with Crippen molar-refractivity contribution in [1.29, 1.82) is 0 Å². The molecule has 0 saturated heterocycles. The van der Waals surface area contributed by atoms with Gasteiger partial charge < -0.3 is 19.5 Å². The molecule has 2 N–H and O–H groups in total. The van der Waals surface area contributed by atoms with Gasteiger partial charge in [-0.2, -0.15) is 0 Å². The number of aliphatic hydroxyl groups is 2. The van der Waals surface area contributed by atoms with Gasteiger partial charge in [0.1, 0.15) is 11.4 Å². The number of imidazole rings is 1. The van der Waals surface area contributed by atoms with Gasteiger partial charge in [0.25, 0.3) is 0 Å². The Morgan fingerprint density at radius 2 is 2.04 bits per heavy atom. The van der Waals surface area contributed by atoms with E-state index in [4.69, 9.17) is 21.4 Å². The summed E-state index contributed by atoms with van der Waals surface area (Å²) < 4.78 is 7.69. The van der Waals surface area contributed by atoms with Crippen molar-refractivity contribution < 1.29 is 14.9 Å².